The van der Waals surface area contributed by atoms with Gasteiger partial charge in [0.2, 0.25) is 5.91 Å². The molecular weight excluding hydrogens is 200 g/mol. The van der Waals surface area contributed by atoms with Gasteiger partial charge in [-0.05, 0) is 44.1 Å². The Labute approximate surface area is 98.2 Å². The lowest BCUT2D eigenvalue weighted by Crippen LogP contribution is -2.51. The number of carbonyl (C=O) groups excluding carboxylic acids is 1. The third-order valence-corrected chi connectivity index (χ3v) is 4.36. The van der Waals surface area contributed by atoms with E-state index in [0.29, 0.717) is 12.0 Å². The second-order valence-electron chi connectivity index (χ2n) is 5.66. The minimum atomic E-state index is -0.101. The number of nitrogens with two attached hydrogens (primary N) is 1. The molecule has 4 unspecified atom stereocenters. The Morgan fingerprint density at radius 2 is 2.06 bits per heavy atom. The fourth-order valence-electron chi connectivity index (χ4n) is 3.53. The molecule has 1 aliphatic heterocycles. The SMILES string of the molecule is CC1CCCC(C2NCCCC2C(N)=O)C1. The summed E-state index contributed by atoms with van der Waals surface area (Å²) in [6.07, 6.45) is 7.28. The molecule has 0 aromatic heterocycles. The monoisotopic (exact) mass is 224 g/mol. The Balaban J connectivity index is 2.01. The molecule has 92 valence electrons. The normalized spacial score (nSPS) is 40.6. The molecule has 1 heterocycles. The van der Waals surface area contributed by atoms with Crippen LogP contribution in [0.5, 0.6) is 0 Å². The number of rotatable bonds is 2. The van der Waals surface area contributed by atoms with E-state index in [1.165, 1.54) is 25.7 Å². The van der Waals surface area contributed by atoms with Gasteiger partial charge in [0, 0.05) is 6.04 Å². The van der Waals surface area contributed by atoms with Crippen molar-refractivity contribution >= 4 is 5.91 Å². The van der Waals surface area contributed by atoms with Crippen molar-refractivity contribution in [2.24, 2.45) is 23.5 Å². The average molecular weight is 224 g/mol. The van der Waals surface area contributed by atoms with E-state index in [1.807, 2.05) is 0 Å². The van der Waals surface area contributed by atoms with Crippen LogP contribution in [0.15, 0.2) is 0 Å². The number of primary amides is 1. The van der Waals surface area contributed by atoms with E-state index in [-0.39, 0.29) is 11.8 Å². The first kappa shape index (κ1) is 11.9. The molecule has 1 saturated carbocycles. The molecule has 0 aromatic rings. The van der Waals surface area contributed by atoms with Crippen molar-refractivity contribution in [1.82, 2.24) is 5.32 Å². The lowest BCUT2D eigenvalue weighted by molar-refractivity contribution is -0.124. The van der Waals surface area contributed by atoms with E-state index in [4.69, 9.17) is 5.73 Å². The summed E-state index contributed by atoms with van der Waals surface area (Å²) in [5.74, 6) is 1.46. The van der Waals surface area contributed by atoms with Gasteiger partial charge in [0.1, 0.15) is 0 Å². The molecule has 0 aromatic carbocycles. The molecular formula is C13H24N2O. The predicted octanol–water partition coefficient (Wildman–Crippen LogP) is 1.67. The molecule has 2 aliphatic rings. The first-order valence-electron chi connectivity index (χ1n) is 6.71. The zero-order valence-electron chi connectivity index (χ0n) is 10.2. The van der Waals surface area contributed by atoms with Crippen molar-refractivity contribution in [3.05, 3.63) is 0 Å². The van der Waals surface area contributed by atoms with Crippen molar-refractivity contribution in [2.45, 2.75) is 51.5 Å². The number of hydrogen-bond donors (Lipinski definition) is 2. The fraction of sp³-hybridized carbons (Fsp3) is 0.923. The van der Waals surface area contributed by atoms with Crippen molar-refractivity contribution in [2.75, 3.05) is 6.54 Å². The summed E-state index contributed by atoms with van der Waals surface area (Å²) in [5.41, 5.74) is 5.52. The van der Waals surface area contributed by atoms with Crippen LogP contribution in [0, 0.1) is 17.8 Å². The highest BCUT2D eigenvalue weighted by Crippen LogP contribution is 2.35. The summed E-state index contributed by atoms with van der Waals surface area (Å²) >= 11 is 0. The molecule has 16 heavy (non-hydrogen) atoms. The lowest BCUT2D eigenvalue weighted by atomic mass is 9.72. The first-order valence-corrected chi connectivity index (χ1v) is 6.71. The summed E-state index contributed by atoms with van der Waals surface area (Å²) in [6.45, 7) is 3.38. The summed E-state index contributed by atoms with van der Waals surface area (Å²) in [7, 11) is 0. The lowest BCUT2D eigenvalue weighted by Gasteiger charge is -2.39. The number of hydrogen-bond acceptors (Lipinski definition) is 2. The van der Waals surface area contributed by atoms with Crippen LogP contribution < -0.4 is 11.1 Å². The topological polar surface area (TPSA) is 55.1 Å². The van der Waals surface area contributed by atoms with Crippen LogP contribution in [0.2, 0.25) is 0 Å². The zero-order valence-corrected chi connectivity index (χ0v) is 10.2. The van der Waals surface area contributed by atoms with Crippen LogP contribution in [0.4, 0.5) is 0 Å². The van der Waals surface area contributed by atoms with Gasteiger partial charge in [-0.1, -0.05) is 19.8 Å². The Kier molecular flexibility index (Phi) is 3.85. The third-order valence-electron chi connectivity index (χ3n) is 4.36. The summed E-state index contributed by atoms with van der Waals surface area (Å²) < 4.78 is 0. The molecule has 2 rings (SSSR count). The van der Waals surface area contributed by atoms with E-state index < -0.39 is 0 Å². The van der Waals surface area contributed by atoms with Crippen molar-refractivity contribution in [3.8, 4) is 0 Å². The van der Waals surface area contributed by atoms with Gasteiger partial charge in [-0.2, -0.15) is 0 Å². The zero-order chi connectivity index (χ0) is 11.5. The average Bonchev–Trinajstić information content (AvgIpc) is 2.29. The van der Waals surface area contributed by atoms with Gasteiger partial charge in [0.25, 0.3) is 0 Å². The molecule has 1 saturated heterocycles. The third kappa shape index (κ3) is 2.57. The van der Waals surface area contributed by atoms with E-state index in [1.54, 1.807) is 0 Å². The Morgan fingerprint density at radius 3 is 2.75 bits per heavy atom. The maximum Gasteiger partial charge on any atom is 0.222 e. The largest absolute Gasteiger partial charge is 0.369 e. The van der Waals surface area contributed by atoms with E-state index in [9.17, 15) is 4.79 Å². The van der Waals surface area contributed by atoms with Crippen molar-refractivity contribution < 1.29 is 4.79 Å². The standard InChI is InChI=1S/C13H24N2O/c1-9-4-2-5-10(8-9)12-11(13(14)16)6-3-7-15-12/h9-12,15H,2-8H2,1H3,(H2,14,16). The molecule has 0 spiro atoms. The highest BCUT2D eigenvalue weighted by atomic mass is 16.1. The van der Waals surface area contributed by atoms with Gasteiger partial charge in [0.15, 0.2) is 0 Å². The van der Waals surface area contributed by atoms with Gasteiger partial charge in [-0.3, -0.25) is 4.79 Å². The van der Waals surface area contributed by atoms with Gasteiger partial charge in [-0.25, -0.2) is 0 Å². The van der Waals surface area contributed by atoms with Crippen LogP contribution in [0.25, 0.3) is 0 Å². The van der Waals surface area contributed by atoms with E-state index >= 15 is 0 Å². The molecule has 3 nitrogen and oxygen atoms in total. The molecule has 4 atom stereocenters. The second-order valence-corrected chi connectivity index (χ2v) is 5.66. The first-order chi connectivity index (χ1) is 7.68. The molecule has 1 amide bonds. The number of amides is 1. The van der Waals surface area contributed by atoms with E-state index in [2.05, 4.69) is 12.2 Å². The van der Waals surface area contributed by atoms with Crippen LogP contribution >= 0.6 is 0 Å². The summed E-state index contributed by atoms with van der Waals surface area (Å²) in [6, 6.07) is 0.356. The smallest absolute Gasteiger partial charge is 0.222 e. The van der Waals surface area contributed by atoms with Crippen molar-refractivity contribution in [3.63, 3.8) is 0 Å². The molecule has 1 aliphatic carbocycles. The molecule has 3 N–H and O–H groups in total. The second kappa shape index (κ2) is 5.17. The Hall–Kier alpha value is -0.570. The van der Waals surface area contributed by atoms with Crippen molar-refractivity contribution in [1.29, 1.82) is 0 Å². The highest BCUT2D eigenvalue weighted by molar-refractivity contribution is 5.77. The maximum atomic E-state index is 11.5. The predicted molar refractivity (Wildman–Crippen MR) is 64.8 cm³/mol. The maximum absolute atomic E-state index is 11.5. The molecule has 2 fully saturated rings. The van der Waals surface area contributed by atoms with Gasteiger partial charge >= 0.3 is 0 Å². The van der Waals surface area contributed by atoms with Gasteiger partial charge in [-0.15, -0.1) is 0 Å². The summed E-state index contributed by atoms with van der Waals surface area (Å²) in [4.78, 5) is 11.5. The van der Waals surface area contributed by atoms with Crippen LogP contribution in [-0.4, -0.2) is 18.5 Å². The van der Waals surface area contributed by atoms with Gasteiger partial charge < -0.3 is 11.1 Å². The van der Waals surface area contributed by atoms with Crippen LogP contribution in [0.1, 0.15) is 45.4 Å². The molecule has 0 bridgehead atoms. The number of carbonyl (C=O) groups is 1. The summed E-state index contributed by atoms with van der Waals surface area (Å²) in [5, 5.41) is 3.54. The van der Waals surface area contributed by atoms with E-state index in [0.717, 1.165) is 25.3 Å². The fourth-order valence-corrected chi connectivity index (χ4v) is 3.53. The number of piperidine rings is 1. The minimum absolute atomic E-state index is 0.0732. The molecule has 3 heteroatoms. The number of nitrogens with one attached hydrogen (secondary N) is 1. The van der Waals surface area contributed by atoms with Crippen LogP contribution in [0.3, 0.4) is 0 Å². The Bertz CT molecular complexity index is 254. The highest BCUT2D eigenvalue weighted by Gasteiger charge is 2.36. The van der Waals surface area contributed by atoms with Gasteiger partial charge in [0.05, 0.1) is 5.92 Å². The molecule has 0 radical (unpaired) electrons. The quantitative estimate of drug-likeness (QED) is 0.749. The van der Waals surface area contributed by atoms with Crippen LogP contribution in [-0.2, 0) is 4.79 Å². The Morgan fingerprint density at radius 1 is 1.25 bits per heavy atom. The minimum Gasteiger partial charge on any atom is -0.369 e.